The molecule has 0 bridgehead atoms. The van der Waals surface area contributed by atoms with Crippen LogP contribution in [0.3, 0.4) is 0 Å². The summed E-state index contributed by atoms with van der Waals surface area (Å²) in [6.45, 7) is 0.506. The average Bonchev–Trinajstić information content (AvgIpc) is 3.50. The van der Waals surface area contributed by atoms with E-state index in [2.05, 4.69) is 144 Å². The number of hydrogen-bond acceptors (Lipinski definition) is 5. The lowest BCUT2D eigenvalue weighted by Crippen LogP contribution is -2.15. The van der Waals surface area contributed by atoms with E-state index >= 15 is 0 Å². The van der Waals surface area contributed by atoms with Crippen molar-refractivity contribution in [1.29, 1.82) is 0 Å². The predicted molar refractivity (Wildman–Crippen MR) is 212 cm³/mol. The fourth-order valence-electron chi connectivity index (χ4n) is 7.51. The number of anilines is 4. The van der Waals surface area contributed by atoms with Crippen LogP contribution in [0.2, 0.25) is 0 Å². The van der Waals surface area contributed by atoms with Crippen LogP contribution in [-0.4, -0.2) is 10.7 Å². The van der Waals surface area contributed by atoms with E-state index in [0.717, 1.165) is 54.1 Å². The van der Waals surface area contributed by atoms with Gasteiger partial charge >= 0.3 is 0 Å². The number of nitrogens with zero attached hydrogens (tertiary/aromatic N) is 3. The maximum atomic E-state index is 6.84. The van der Waals surface area contributed by atoms with Gasteiger partial charge in [0.25, 0.3) is 0 Å². The summed E-state index contributed by atoms with van der Waals surface area (Å²) < 4.78 is 1.15. The van der Waals surface area contributed by atoms with Crippen molar-refractivity contribution in [3.8, 4) is 11.1 Å². The number of para-hydroxylation sites is 1. The average molecular weight is 659 g/mol. The highest BCUT2D eigenvalue weighted by atomic mass is 32.1. The molecule has 0 amide bonds. The Morgan fingerprint density at radius 1 is 0.640 bits per heavy atom. The fourth-order valence-corrected chi connectivity index (χ4v) is 8.65. The predicted octanol–water partition coefficient (Wildman–Crippen LogP) is 11.8. The highest BCUT2D eigenvalue weighted by molar-refractivity contribution is 7.21. The number of hydrogen-bond donors (Lipinski definition) is 1. The van der Waals surface area contributed by atoms with Crippen LogP contribution in [0.15, 0.2) is 163 Å². The quantitative estimate of drug-likeness (QED) is 0.187. The third kappa shape index (κ3) is 4.51. The molecule has 9 aromatic rings. The van der Waals surface area contributed by atoms with Crippen molar-refractivity contribution in [1.82, 2.24) is 4.98 Å². The van der Waals surface area contributed by atoms with Crippen molar-refractivity contribution in [3.05, 3.63) is 174 Å². The van der Waals surface area contributed by atoms with E-state index in [1.54, 1.807) is 11.3 Å². The van der Waals surface area contributed by atoms with Crippen molar-refractivity contribution < 1.29 is 0 Å². The Labute approximate surface area is 293 Å². The van der Waals surface area contributed by atoms with Crippen LogP contribution in [0.5, 0.6) is 0 Å². The summed E-state index contributed by atoms with van der Waals surface area (Å²) in [5.74, 6) is 0. The molecule has 7 aromatic carbocycles. The van der Waals surface area contributed by atoms with Crippen LogP contribution >= 0.6 is 11.3 Å². The second kappa shape index (κ2) is 11.4. The van der Waals surface area contributed by atoms with Crippen LogP contribution in [0.25, 0.3) is 53.7 Å². The lowest BCUT2D eigenvalue weighted by molar-refractivity contribution is 1.07. The van der Waals surface area contributed by atoms with Gasteiger partial charge in [-0.3, -0.25) is 9.98 Å². The Morgan fingerprint density at radius 2 is 1.36 bits per heavy atom. The van der Waals surface area contributed by atoms with Gasteiger partial charge in [0.15, 0.2) is 0 Å². The topological polar surface area (TPSA) is 54.5 Å². The minimum absolute atomic E-state index is 0.506. The van der Waals surface area contributed by atoms with Crippen molar-refractivity contribution in [2.24, 2.45) is 4.99 Å². The molecule has 0 atom stereocenters. The Bertz CT molecular complexity index is 2800. The van der Waals surface area contributed by atoms with Crippen LogP contribution < -0.4 is 10.6 Å². The molecule has 0 unspecified atom stereocenters. The number of benzene rings is 7. The normalized spacial score (nSPS) is 12.6. The van der Waals surface area contributed by atoms with E-state index in [-0.39, 0.29) is 0 Å². The van der Waals surface area contributed by atoms with Gasteiger partial charge in [0.1, 0.15) is 0 Å². The standard InChI is InChI=1S/C45H30N4S/c46-42-35-15-3-4-19-40(35)50-45(42)44(36-17-6-13-30-14-8-24-47-43(30)36)48-27-28-20-22-33(23-21-28)49-38-18-7-12-29-11-5-16-34(41(29)38)37-25-31-9-1-2-10-32(31)26-39(37)49/h1-26H,27,46H2/b48-44-. The number of thiophene rings is 1. The van der Waals surface area contributed by atoms with Gasteiger partial charge in [-0.25, -0.2) is 0 Å². The molecule has 1 aliphatic rings. The van der Waals surface area contributed by atoms with E-state index in [1.165, 1.54) is 44.0 Å². The lowest BCUT2D eigenvalue weighted by Gasteiger charge is -2.34. The molecule has 50 heavy (non-hydrogen) atoms. The molecule has 4 nitrogen and oxygen atoms in total. The van der Waals surface area contributed by atoms with Crippen molar-refractivity contribution in [2.75, 3.05) is 10.6 Å². The highest BCUT2D eigenvalue weighted by Crippen LogP contribution is 2.51. The first kappa shape index (κ1) is 28.7. The minimum Gasteiger partial charge on any atom is -0.397 e. The third-order valence-electron chi connectivity index (χ3n) is 9.87. The Hall–Kier alpha value is -6.30. The molecular weight excluding hydrogens is 629 g/mol. The van der Waals surface area contributed by atoms with Gasteiger partial charge in [0.2, 0.25) is 0 Å². The molecule has 1 aliphatic heterocycles. The number of nitrogens with two attached hydrogens (primary N) is 1. The Kier molecular flexibility index (Phi) is 6.54. The number of aliphatic imine (C=N–C) groups is 1. The second-order valence-corrected chi connectivity index (χ2v) is 13.8. The Morgan fingerprint density at radius 3 is 2.22 bits per heavy atom. The smallest absolute Gasteiger partial charge is 0.0866 e. The van der Waals surface area contributed by atoms with Gasteiger partial charge < -0.3 is 10.6 Å². The first-order chi connectivity index (χ1) is 24.7. The number of pyridine rings is 1. The molecule has 10 rings (SSSR count). The number of nitrogen functional groups attached to an aromatic ring is 1. The number of fused-ring (bicyclic) bond motifs is 5. The zero-order chi connectivity index (χ0) is 33.2. The van der Waals surface area contributed by atoms with Gasteiger partial charge in [0, 0.05) is 43.9 Å². The van der Waals surface area contributed by atoms with Crippen molar-refractivity contribution in [2.45, 2.75) is 6.54 Å². The number of rotatable bonds is 5. The summed E-state index contributed by atoms with van der Waals surface area (Å²) in [7, 11) is 0. The minimum atomic E-state index is 0.506. The summed E-state index contributed by atoms with van der Waals surface area (Å²) in [6.07, 6.45) is 1.84. The molecule has 2 aromatic heterocycles. The fraction of sp³-hybridized carbons (Fsp3) is 0.0222. The summed E-state index contributed by atoms with van der Waals surface area (Å²) in [5, 5.41) is 7.13. The van der Waals surface area contributed by atoms with E-state index in [1.807, 2.05) is 18.3 Å². The summed E-state index contributed by atoms with van der Waals surface area (Å²) in [6, 6.07) is 54.0. The molecule has 0 aliphatic carbocycles. The van der Waals surface area contributed by atoms with Gasteiger partial charge in [-0.2, -0.15) is 0 Å². The van der Waals surface area contributed by atoms with Crippen LogP contribution in [0, 0.1) is 0 Å². The zero-order valence-corrected chi connectivity index (χ0v) is 27.9. The molecule has 236 valence electrons. The third-order valence-corrected chi connectivity index (χ3v) is 11.1. The molecule has 2 N–H and O–H groups in total. The first-order valence-corrected chi connectivity index (χ1v) is 17.6. The van der Waals surface area contributed by atoms with E-state index in [4.69, 9.17) is 15.7 Å². The van der Waals surface area contributed by atoms with Gasteiger partial charge in [-0.05, 0) is 69.8 Å². The lowest BCUT2D eigenvalue weighted by atomic mass is 9.89. The largest absolute Gasteiger partial charge is 0.397 e. The molecule has 5 heteroatoms. The molecule has 0 fully saturated rings. The molecule has 0 saturated carbocycles. The van der Waals surface area contributed by atoms with Crippen LogP contribution in [-0.2, 0) is 6.54 Å². The molecular formula is C45H30N4S. The summed E-state index contributed by atoms with van der Waals surface area (Å²) in [4.78, 5) is 13.5. The first-order valence-electron chi connectivity index (χ1n) is 16.8. The molecule has 3 heterocycles. The molecule has 0 radical (unpaired) electrons. The van der Waals surface area contributed by atoms with E-state index < -0.39 is 0 Å². The SMILES string of the molecule is Nc1c(/C(=N\Cc2ccc(N3c4cc5ccccc5cc4-c4cccc5cccc3c45)cc2)c2cccc3cccnc23)sc2ccccc12. The number of aromatic nitrogens is 1. The van der Waals surface area contributed by atoms with Crippen molar-refractivity contribution in [3.63, 3.8) is 0 Å². The molecule has 0 spiro atoms. The monoisotopic (exact) mass is 658 g/mol. The van der Waals surface area contributed by atoms with Crippen molar-refractivity contribution >= 4 is 82.3 Å². The van der Waals surface area contributed by atoms with E-state index in [9.17, 15) is 0 Å². The zero-order valence-electron chi connectivity index (χ0n) is 27.0. The van der Waals surface area contributed by atoms with E-state index in [0.29, 0.717) is 6.54 Å². The second-order valence-electron chi connectivity index (χ2n) is 12.8. The maximum Gasteiger partial charge on any atom is 0.0866 e. The van der Waals surface area contributed by atoms with Gasteiger partial charge in [-0.15, -0.1) is 11.3 Å². The molecule has 0 saturated heterocycles. The van der Waals surface area contributed by atoms with Crippen LogP contribution in [0.1, 0.15) is 16.0 Å². The van der Waals surface area contributed by atoms with Gasteiger partial charge in [0.05, 0.1) is 39.7 Å². The Balaban J connectivity index is 1.09. The summed E-state index contributed by atoms with van der Waals surface area (Å²) in [5.41, 5.74) is 17.5. The maximum absolute atomic E-state index is 6.84. The van der Waals surface area contributed by atoms with Crippen LogP contribution in [0.4, 0.5) is 22.7 Å². The van der Waals surface area contributed by atoms with Gasteiger partial charge in [-0.1, -0.05) is 109 Å². The highest BCUT2D eigenvalue weighted by Gasteiger charge is 2.26. The summed E-state index contributed by atoms with van der Waals surface area (Å²) >= 11 is 1.69.